The lowest BCUT2D eigenvalue weighted by atomic mass is 10.1. The molecule has 0 aliphatic carbocycles. The number of hydrogen-bond acceptors (Lipinski definition) is 4. The molecule has 6 heteroatoms. The summed E-state index contributed by atoms with van der Waals surface area (Å²) in [4.78, 5) is 12.5. The highest BCUT2D eigenvalue weighted by Crippen LogP contribution is 2.27. The van der Waals surface area contributed by atoms with Gasteiger partial charge in [0.05, 0.1) is 0 Å². The Morgan fingerprint density at radius 3 is 2.80 bits per heavy atom. The van der Waals surface area contributed by atoms with Crippen molar-refractivity contribution in [3.05, 3.63) is 71.4 Å². The number of aromatic nitrogens is 2. The van der Waals surface area contributed by atoms with Crippen molar-refractivity contribution in [3.8, 4) is 0 Å². The molecule has 0 unspecified atom stereocenters. The highest BCUT2D eigenvalue weighted by atomic mass is 35.5. The van der Waals surface area contributed by atoms with E-state index in [1.165, 1.54) is 0 Å². The van der Waals surface area contributed by atoms with E-state index in [1.54, 1.807) is 18.2 Å². The third-order valence-corrected chi connectivity index (χ3v) is 3.97. The fourth-order valence-corrected chi connectivity index (χ4v) is 2.68. The summed E-state index contributed by atoms with van der Waals surface area (Å²) in [6.07, 6.45) is 1.73. The first-order valence-electron chi connectivity index (χ1n) is 7.77. The van der Waals surface area contributed by atoms with E-state index < -0.39 is 0 Å². The third kappa shape index (κ3) is 3.78. The van der Waals surface area contributed by atoms with Crippen molar-refractivity contribution in [2.45, 2.75) is 6.92 Å². The molecule has 0 fully saturated rings. The van der Waals surface area contributed by atoms with Gasteiger partial charge in [-0.05, 0) is 42.8 Å². The SMILES string of the molecule is C=CCNc1nnc(Cl)c2cc(C(=O)Nc3cccc(C)c3)ccc12. The molecule has 0 aliphatic heterocycles. The van der Waals surface area contributed by atoms with Crippen LogP contribution in [0.2, 0.25) is 5.15 Å². The van der Waals surface area contributed by atoms with Crippen LogP contribution in [-0.4, -0.2) is 22.6 Å². The molecule has 1 amide bonds. The van der Waals surface area contributed by atoms with Gasteiger partial charge in [-0.2, -0.15) is 0 Å². The van der Waals surface area contributed by atoms with Crippen molar-refractivity contribution in [2.75, 3.05) is 17.2 Å². The number of anilines is 2. The summed E-state index contributed by atoms with van der Waals surface area (Å²) in [6, 6.07) is 12.9. The van der Waals surface area contributed by atoms with Gasteiger partial charge >= 0.3 is 0 Å². The van der Waals surface area contributed by atoms with Gasteiger partial charge in [0.2, 0.25) is 0 Å². The quantitative estimate of drug-likeness (QED) is 0.666. The number of nitrogens with one attached hydrogen (secondary N) is 2. The fraction of sp³-hybridized carbons (Fsp3) is 0.105. The Morgan fingerprint density at radius 1 is 1.20 bits per heavy atom. The van der Waals surface area contributed by atoms with Crippen LogP contribution < -0.4 is 10.6 Å². The Morgan fingerprint density at radius 2 is 2.04 bits per heavy atom. The van der Waals surface area contributed by atoms with E-state index in [-0.39, 0.29) is 11.1 Å². The lowest BCUT2D eigenvalue weighted by Crippen LogP contribution is -2.12. The standard InChI is InChI=1S/C19H17ClN4O/c1-3-9-21-18-15-8-7-13(11-16(15)17(20)23-24-18)19(25)22-14-6-4-5-12(2)10-14/h3-8,10-11H,1,9H2,2H3,(H,21,24)(H,22,25). The molecule has 0 aliphatic rings. The van der Waals surface area contributed by atoms with Gasteiger partial charge in [0, 0.05) is 28.6 Å². The Bertz CT molecular complexity index is 955. The van der Waals surface area contributed by atoms with Crippen LogP contribution in [0.3, 0.4) is 0 Å². The zero-order chi connectivity index (χ0) is 17.8. The second-order valence-electron chi connectivity index (χ2n) is 5.59. The first kappa shape index (κ1) is 16.9. The molecule has 1 heterocycles. The van der Waals surface area contributed by atoms with Crippen LogP contribution in [0.4, 0.5) is 11.5 Å². The van der Waals surface area contributed by atoms with Crippen molar-refractivity contribution in [3.63, 3.8) is 0 Å². The average molecular weight is 353 g/mol. The largest absolute Gasteiger partial charge is 0.365 e. The maximum Gasteiger partial charge on any atom is 0.255 e. The van der Waals surface area contributed by atoms with Crippen LogP contribution in [0.25, 0.3) is 10.8 Å². The molecule has 3 rings (SSSR count). The predicted octanol–water partition coefficient (Wildman–Crippen LogP) is 4.44. The zero-order valence-corrected chi connectivity index (χ0v) is 14.5. The Balaban J connectivity index is 1.93. The minimum Gasteiger partial charge on any atom is -0.365 e. The first-order valence-corrected chi connectivity index (χ1v) is 8.15. The molecular weight excluding hydrogens is 336 g/mol. The number of fused-ring (bicyclic) bond motifs is 1. The number of nitrogens with zero attached hydrogens (tertiary/aromatic N) is 2. The van der Waals surface area contributed by atoms with Gasteiger partial charge in [0.1, 0.15) is 0 Å². The number of hydrogen-bond donors (Lipinski definition) is 2. The zero-order valence-electron chi connectivity index (χ0n) is 13.7. The summed E-state index contributed by atoms with van der Waals surface area (Å²) in [5.74, 6) is 0.394. The molecule has 2 aromatic carbocycles. The number of rotatable bonds is 5. The molecule has 25 heavy (non-hydrogen) atoms. The molecule has 0 saturated carbocycles. The average Bonchev–Trinajstić information content (AvgIpc) is 2.61. The molecule has 126 valence electrons. The van der Waals surface area contributed by atoms with Crippen LogP contribution in [0, 0.1) is 6.92 Å². The van der Waals surface area contributed by atoms with Crippen LogP contribution >= 0.6 is 11.6 Å². The van der Waals surface area contributed by atoms with Gasteiger partial charge in [0.15, 0.2) is 11.0 Å². The maximum absolute atomic E-state index is 12.5. The Kier molecular flexibility index (Phi) is 4.95. The van der Waals surface area contributed by atoms with E-state index in [1.807, 2.05) is 37.3 Å². The summed E-state index contributed by atoms with van der Waals surface area (Å²) in [6.45, 7) is 6.20. The normalized spacial score (nSPS) is 10.5. The third-order valence-electron chi connectivity index (χ3n) is 3.69. The minimum atomic E-state index is -0.207. The monoisotopic (exact) mass is 352 g/mol. The molecule has 0 bridgehead atoms. The second kappa shape index (κ2) is 7.32. The van der Waals surface area contributed by atoms with Crippen LogP contribution in [0.15, 0.2) is 55.1 Å². The van der Waals surface area contributed by atoms with Crippen LogP contribution in [-0.2, 0) is 0 Å². The predicted molar refractivity (Wildman–Crippen MR) is 102 cm³/mol. The number of carbonyl (C=O) groups is 1. The smallest absolute Gasteiger partial charge is 0.255 e. The van der Waals surface area contributed by atoms with Gasteiger partial charge in [-0.25, -0.2) is 0 Å². The van der Waals surface area contributed by atoms with Gasteiger partial charge in [0.25, 0.3) is 5.91 Å². The van der Waals surface area contributed by atoms with Crippen LogP contribution in [0.1, 0.15) is 15.9 Å². The second-order valence-corrected chi connectivity index (χ2v) is 5.95. The summed E-state index contributed by atoms with van der Waals surface area (Å²) in [5, 5.41) is 15.7. The number of aryl methyl sites for hydroxylation is 1. The maximum atomic E-state index is 12.5. The molecular formula is C19H17ClN4O. The van der Waals surface area contributed by atoms with Crippen molar-refractivity contribution >= 4 is 39.8 Å². The molecule has 0 atom stereocenters. The Labute approximate surface area is 150 Å². The van der Waals surface area contributed by atoms with Crippen molar-refractivity contribution in [1.82, 2.24) is 10.2 Å². The number of amides is 1. The van der Waals surface area contributed by atoms with E-state index in [9.17, 15) is 4.79 Å². The van der Waals surface area contributed by atoms with Crippen molar-refractivity contribution in [1.29, 1.82) is 0 Å². The van der Waals surface area contributed by atoms with Crippen molar-refractivity contribution in [2.24, 2.45) is 0 Å². The van der Waals surface area contributed by atoms with Gasteiger partial charge in [-0.15, -0.1) is 16.8 Å². The lowest BCUT2D eigenvalue weighted by molar-refractivity contribution is 0.102. The molecule has 2 N–H and O–H groups in total. The van der Waals surface area contributed by atoms with Crippen molar-refractivity contribution < 1.29 is 4.79 Å². The lowest BCUT2D eigenvalue weighted by Gasteiger charge is -2.10. The molecule has 5 nitrogen and oxygen atoms in total. The van der Waals surface area contributed by atoms with Gasteiger partial charge < -0.3 is 10.6 Å². The highest BCUT2D eigenvalue weighted by Gasteiger charge is 2.12. The summed E-state index contributed by atoms with van der Waals surface area (Å²) >= 11 is 6.17. The van der Waals surface area contributed by atoms with E-state index >= 15 is 0 Å². The molecule has 0 saturated heterocycles. The van der Waals surface area contributed by atoms with Crippen LogP contribution in [0.5, 0.6) is 0 Å². The van der Waals surface area contributed by atoms with E-state index in [2.05, 4.69) is 27.4 Å². The minimum absolute atomic E-state index is 0.207. The summed E-state index contributed by atoms with van der Waals surface area (Å²) in [7, 11) is 0. The highest BCUT2D eigenvalue weighted by molar-refractivity contribution is 6.34. The number of carbonyl (C=O) groups excluding carboxylic acids is 1. The Hall–Kier alpha value is -2.92. The molecule has 0 radical (unpaired) electrons. The first-order chi connectivity index (χ1) is 12.1. The van der Waals surface area contributed by atoms with Gasteiger partial charge in [-0.3, -0.25) is 4.79 Å². The molecule has 3 aromatic rings. The molecule has 1 aromatic heterocycles. The van der Waals surface area contributed by atoms with E-state index in [0.717, 1.165) is 16.6 Å². The molecule has 0 spiro atoms. The fourth-order valence-electron chi connectivity index (χ4n) is 2.49. The topological polar surface area (TPSA) is 66.9 Å². The summed E-state index contributed by atoms with van der Waals surface area (Å²) in [5.41, 5.74) is 2.32. The summed E-state index contributed by atoms with van der Waals surface area (Å²) < 4.78 is 0. The number of halogens is 1. The van der Waals surface area contributed by atoms with Gasteiger partial charge in [-0.1, -0.05) is 29.8 Å². The van der Waals surface area contributed by atoms with E-state index in [0.29, 0.717) is 23.3 Å². The number of benzene rings is 2. The van der Waals surface area contributed by atoms with E-state index in [4.69, 9.17) is 11.6 Å².